The minimum atomic E-state index is -0.808. The molecule has 2 amide bonds. The molecule has 1 aromatic heterocycles. The Morgan fingerprint density at radius 3 is 2.57 bits per heavy atom. The summed E-state index contributed by atoms with van der Waals surface area (Å²) in [6.45, 7) is 7.04. The molecule has 0 spiro atoms. The quantitative estimate of drug-likeness (QED) is 0.911. The van der Waals surface area contributed by atoms with Gasteiger partial charge in [-0.3, -0.25) is 10.1 Å². The zero-order valence-electron chi connectivity index (χ0n) is 13.4. The largest absolute Gasteiger partial charge is 0.444 e. The number of halogens is 1. The molecule has 0 bridgehead atoms. The van der Waals surface area contributed by atoms with Crippen LogP contribution < -0.4 is 5.32 Å². The van der Waals surface area contributed by atoms with E-state index in [4.69, 9.17) is 16.3 Å². The van der Waals surface area contributed by atoms with Crippen LogP contribution in [0.3, 0.4) is 0 Å². The highest BCUT2D eigenvalue weighted by Crippen LogP contribution is 2.19. The number of rotatable bonds is 2. The summed E-state index contributed by atoms with van der Waals surface area (Å²) in [7, 11) is 0. The van der Waals surface area contributed by atoms with Gasteiger partial charge in [0.05, 0.1) is 11.9 Å². The van der Waals surface area contributed by atoms with E-state index in [0.29, 0.717) is 10.7 Å². The number of aryl methyl sites for hydroxylation is 1. The van der Waals surface area contributed by atoms with Crippen molar-refractivity contribution in [2.45, 2.75) is 33.3 Å². The summed E-state index contributed by atoms with van der Waals surface area (Å²) in [6.07, 6.45) is 0.665. The van der Waals surface area contributed by atoms with Gasteiger partial charge in [0.25, 0.3) is 5.91 Å². The highest BCUT2D eigenvalue weighted by atomic mass is 35.5. The Morgan fingerprint density at radius 2 is 1.96 bits per heavy atom. The van der Waals surface area contributed by atoms with E-state index in [1.54, 1.807) is 32.9 Å². The molecule has 7 heteroatoms. The van der Waals surface area contributed by atoms with Gasteiger partial charge < -0.3 is 4.74 Å². The maximum atomic E-state index is 12.3. The van der Waals surface area contributed by atoms with Crippen LogP contribution in [0.25, 0.3) is 5.69 Å². The molecule has 23 heavy (non-hydrogen) atoms. The Kier molecular flexibility index (Phi) is 4.75. The van der Waals surface area contributed by atoms with Crippen molar-refractivity contribution in [3.05, 3.63) is 46.7 Å². The van der Waals surface area contributed by atoms with E-state index in [2.05, 4.69) is 10.4 Å². The van der Waals surface area contributed by atoms with E-state index in [0.717, 1.165) is 5.56 Å². The second-order valence-electron chi connectivity index (χ2n) is 6.07. The molecular weight excluding hydrogens is 318 g/mol. The highest BCUT2D eigenvalue weighted by molar-refractivity contribution is 6.30. The molecule has 2 aromatic rings. The van der Waals surface area contributed by atoms with Crippen LogP contribution in [0.1, 0.15) is 36.8 Å². The number of carbonyl (C=O) groups excluding carboxylic acids is 2. The Hall–Kier alpha value is -2.34. The zero-order valence-corrected chi connectivity index (χ0v) is 14.1. The van der Waals surface area contributed by atoms with E-state index >= 15 is 0 Å². The number of carbonyl (C=O) groups is 2. The van der Waals surface area contributed by atoms with Gasteiger partial charge in [-0.2, -0.15) is 5.10 Å². The van der Waals surface area contributed by atoms with Crippen LogP contribution in [0.4, 0.5) is 4.79 Å². The van der Waals surface area contributed by atoms with Crippen molar-refractivity contribution in [1.82, 2.24) is 15.1 Å². The average Bonchev–Trinajstić information content (AvgIpc) is 2.83. The summed E-state index contributed by atoms with van der Waals surface area (Å²) >= 11 is 6.04. The molecule has 1 heterocycles. The smallest absolute Gasteiger partial charge is 0.414 e. The summed E-state index contributed by atoms with van der Waals surface area (Å²) in [4.78, 5) is 24.0. The van der Waals surface area contributed by atoms with E-state index in [9.17, 15) is 9.59 Å². The van der Waals surface area contributed by atoms with Gasteiger partial charge in [-0.05, 0) is 57.5 Å². The van der Waals surface area contributed by atoms with Crippen LogP contribution in [0.15, 0.2) is 30.5 Å². The molecule has 122 valence electrons. The predicted molar refractivity (Wildman–Crippen MR) is 87.0 cm³/mol. The summed E-state index contributed by atoms with van der Waals surface area (Å²) in [5, 5.41) is 6.84. The third kappa shape index (κ3) is 4.56. The maximum Gasteiger partial charge on any atom is 0.414 e. The Morgan fingerprint density at radius 1 is 1.26 bits per heavy atom. The number of benzene rings is 1. The molecule has 6 nitrogen and oxygen atoms in total. The van der Waals surface area contributed by atoms with Crippen molar-refractivity contribution >= 4 is 23.6 Å². The van der Waals surface area contributed by atoms with Crippen LogP contribution in [-0.4, -0.2) is 27.4 Å². The van der Waals surface area contributed by atoms with Gasteiger partial charge in [-0.25, -0.2) is 9.48 Å². The Balaban J connectivity index is 2.24. The summed E-state index contributed by atoms with van der Waals surface area (Å²) in [5.41, 5.74) is 1.09. The summed E-state index contributed by atoms with van der Waals surface area (Å²) < 4.78 is 6.48. The van der Waals surface area contributed by atoms with Crippen LogP contribution in [-0.2, 0) is 4.74 Å². The lowest BCUT2D eigenvalue weighted by Gasteiger charge is -2.19. The molecule has 0 unspecified atom stereocenters. The number of hydrogen-bond acceptors (Lipinski definition) is 4. The minimum Gasteiger partial charge on any atom is -0.444 e. The molecule has 2 rings (SSSR count). The van der Waals surface area contributed by atoms with Crippen molar-refractivity contribution in [1.29, 1.82) is 0 Å². The van der Waals surface area contributed by atoms with Crippen molar-refractivity contribution in [2.75, 3.05) is 0 Å². The Labute approximate surface area is 139 Å². The first-order chi connectivity index (χ1) is 10.7. The van der Waals surface area contributed by atoms with Crippen LogP contribution in [0.5, 0.6) is 0 Å². The van der Waals surface area contributed by atoms with Gasteiger partial charge in [0.2, 0.25) is 0 Å². The van der Waals surface area contributed by atoms with E-state index in [1.165, 1.54) is 16.9 Å². The van der Waals surface area contributed by atoms with Crippen molar-refractivity contribution in [3.63, 3.8) is 0 Å². The lowest BCUT2D eigenvalue weighted by molar-refractivity contribution is 0.0507. The standard InChI is InChI=1S/C16H18ClN3O3/c1-10-7-11(17)9-12(8-10)20-13(5-6-18-20)14(21)19-15(22)23-16(2,3)4/h5-9H,1-4H3,(H,19,21,22). The summed E-state index contributed by atoms with van der Waals surface area (Å²) in [6, 6.07) is 6.83. The number of nitrogens with one attached hydrogen (secondary N) is 1. The number of hydrogen-bond donors (Lipinski definition) is 1. The molecule has 0 aliphatic carbocycles. The van der Waals surface area contributed by atoms with Gasteiger partial charge >= 0.3 is 6.09 Å². The van der Waals surface area contributed by atoms with E-state index < -0.39 is 17.6 Å². The number of nitrogens with zero attached hydrogens (tertiary/aromatic N) is 2. The van der Waals surface area contributed by atoms with Crippen LogP contribution in [0, 0.1) is 6.92 Å². The first-order valence-corrected chi connectivity index (χ1v) is 7.39. The third-order valence-electron chi connectivity index (χ3n) is 2.76. The van der Waals surface area contributed by atoms with Gasteiger partial charge in [-0.15, -0.1) is 0 Å². The van der Waals surface area contributed by atoms with E-state index in [1.807, 2.05) is 13.0 Å². The molecule has 1 N–H and O–H groups in total. The minimum absolute atomic E-state index is 0.206. The fourth-order valence-corrected chi connectivity index (χ4v) is 2.26. The normalized spacial score (nSPS) is 11.2. The SMILES string of the molecule is Cc1cc(Cl)cc(-n2nccc2C(=O)NC(=O)OC(C)(C)C)c1. The second-order valence-corrected chi connectivity index (χ2v) is 6.51. The average molecular weight is 336 g/mol. The molecule has 0 fully saturated rings. The fourth-order valence-electron chi connectivity index (χ4n) is 1.98. The lowest BCUT2D eigenvalue weighted by atomic mass is 10.2. The molecule has 0 saturated heterocycles. The number of aromatic nitrogens is 2. The first kappa shape index (κ1) is 17.0. The van der Waals surface area contributed by atoms with Crippen molar-refractivity contribution < 1.29 is 14.3 Å². The zero-order chi connectivity index (χ0) is 17.2. The predicted octanol–water partition coefficient (Wildman–Crippen LogP) is 3.50. The van der Waals surface area contributed by atoms with Gasteiger partial charge in [0.15, 0.2) is 0 Å². The fraction of sp³-hybridized carbons (Fsp3) is 0.312. The lowest BCUT2D eigenvalue weighted by Crippen LogP contribution is -2.37. The van der Waals surface area contributed by atoms with Gasteiger partial charge in [0.1, 0.15) is 11.3 Å². The second kappa shape index (κ2) is 6.42. The molecule has 0 saturated carbocycles. The van der Waals surface area contributed by atoms with Crippen LogP contribution >= 0.6 is 11.6 Å². The molecule has 0 aliphatic heterocycles. The van der Waals surface area contributed by atoms with Crippen LogP contribution in [0.2, 0.25) is 5.02 Å². The van der Waals surface area contributed by atoms with E-state index in [-0.39, 0.29) is 5.69 Å². The number of amides is 2. The number of ether oxygens (including phenoxy) is 1. The number of alkyl carbamates (subject to hydrolysis) is 1. The molecule has 0 aliphatic rings. The van der Waals surface area contributed by atoms with Gasteiger partial charge in [-0.1, -0.05) is 11.6 Å². The Bertz CT molecular complexity index is 727. The third-order valence-corrected chi connectivity index (χ3v) is 2.98. The summed E-state index contributed by atoms with van der Waals surface area (Å²) in [5.74, 6) is -0.602. The monoisotopic (exact) mass is 335 g/mol. The topological polar surface area (TPSA) is 73.2 Å². The van der Waals surface area contributed by atoms with Gasteiger partial charge in [0, 0.05) is 5.02 Å². The molecule has 0 atom stereocenters. The van der Waals surface area contributed by atoms with Crippen molar-refractivity contribution in [3.8, 4) is 5.69 Å². The molecule has 0 radical (unpaired) electrons. The maximum absolute atomic E-state index is 12.3. The first-order valence-electron chi connectivity index (χ1n) is 7.01. The highest BCUT2D eigenvalue weighted by Gasteiger charge is 2.21. The molecular formula is C16H18ClN3O3. The number of imide groups is 1. The van der Waals surface area contributed by atoms with Crippen molar-refractivity contribution in [2.24, 2.45) is 0 Å². The molecule has 1 aromatic carbocycles.